The maximum atomic E-state index is 13.3. The van der Waals surface area contributed by atoms with Crippen molar-refractivity contribution in [1.82, 2.24) is 4.90 Å². The highest BCUT2D eigenvalue weighted by atomic mass is 19.1. The van der Waals surface area contributed by atoms with Crippen LogP contribution in [0.1, 0.15) is 18.4 Å². The van der Waals surface area contributed by atoms with Crippen LogP contribution in [0.2, 0.25) is 0 Å². The van der Waals surface area contributed by atoms with E-state index < -0.39 is 0 Å². The number of para-hydroxylation sites is 1. The van der Waals surface area contributed by atoms with Crippen molar-refractivity contribution >= 4 is 5.91 Å². The van der Waals surface area contributed by atoms with E-state index in [0.29, 0.717) is 12.3 Å². The number of nitrogens with zero attached hydrogens (tertiary/aromatic N) is 1. The van der Waals surface area contributed by atoms with Gasteiger partial charge < -0.3 is 9.64 Å². The Morgan fingerprint density at radius 2 is 1.91 bits per heavy atom. The summed E-state index contributed by atoms with van der Waals surface area (Å²) >= 11 is 0. The maximum Gasteiger partial charge on any atom is 0.261 e. The topological polar surface area (TPSA) is 29.5 Å². The first-order valence-corrected chi connectivity index (χ1v) is 7.44. The maximum absolute atomic E-state index is 13.3. The zero-order chi connectivity index (χ0) is 15.4. The molecule has 0 bridgehead atoms. The lowest BCUT2D eigenvalue weighted by molar-refractivity contribution is -0.134. The van der Waals surface area contributed by atoms with Crippen LogP contribution < -0.4 is 4.74 Å². The van der Waals surface area contributed by atoms with E-state index in [1.54, 1.807) is 11.0 Å². The van der Waals surface area contributed by atoms with Gasteiger partial charge in [-0.05, 0) is 42.7 Å². The number of halogens is 1. The third kappa shape index (κ3) is 3.85. The smallest absolute Gasteiger partial charge is 0.261 e. The third-order valence-corrected chi connectivity index (χ3v) is 3.66. The van der Waals surface area contributed by atoms with Gasteiger partial charge in [-0.25, -0.2) is 4.39 Å². The Hall–Kier alpha value is -2.36. The first-order chi connectivity index (χ1) is 10.7. The zero-order valence-corrected chi connectivity index (χ0v) is 12.2. The van der Waals surface area contributed by atoms with Crippen LogP contribution in [0.3, 0.4) is 0 Å². The molecule has 1 fully saturated rings. The molecule has 4 heteroatoms. The highest BCUT2D eigenvalue weighted by Crippen LogP contribution is 2.28. The molecule has 0 aliphatic heterocycles. The van der Waals surface area contributed by atoms with Crippen molar-refractivity contribution < 1.29 is 13.9 Å². The highest BCUT2D eigenvalue weighted by molar-refractivity contribution is 5.78. The van der Waals surface area contributed by atoms with Gasteiger partial charge in [0.05, 0.1) is 0 Å². The minimum Gasteiger partial charge on any atom is -0.484 e. The third-order valence-electron chi connectivity index (χ3n) is 3.66. The van der Waals surface area contributed by atoms with Crippen LogP contribution in [0, 0.1) is 5.82 Å². The number of hydrogen-bond donors (Lipinski definition) is 0. The number of ether oxygens (including phenoxy) is 1. The molecule has 0 unspecified atom stereocenters. The molecular weight excluding hydrogens is 281 g/mol. The summed E-state index contributed by atoms with van der Waals surface area (Å²) in [6, 6.07) is 15.9. The summed E-state index contributed by atoms with van der Waals surface area (Å²) in [6.45, 7) is 0.440. The Kier molecular flexibility index (Phi) is 4.37. The summed E-state index contributed by atoms with van der Waals surface area (Å²) in [5.41, 5.74) is 0.806. The van der Waals surface area contributed by atoms with E-state index in [1.807, 2.05) is 36.4 Å². The second kappa shape index (κ2) is 6.60. The normalized spacial score (nSPS) is 13.7. The Balaban J connectivity index is 1.62. The van der Waals surface area contributed by atoms with Gasteiger partial charge in [0, 0.05) is 12.6 Å². The standard InChI is InChI=1S/C18H18FNO2/c19-15-6-4-5-14(11-15)12-20(16-9-10-16)18(21)13-22-17-7-2-1-3-8-17/h1-8,11,16H,9-10,12-13H2. The zero-order valence-electron chi connectivity index (χ0n) is 12.2. The van der Waals surface area contributed by atoms with Gasteiger partial charge in [-0.3, -0.25) is 4.79 Å². The molecule has 3 rings (SSSR count). The quantitative estimate of drug-likeness (QED) is 0.818. The lowest BCUT2D eigenvalue weighted by atomic mass is 10.2. The predicted octanol–water partition coefficient (Wildman–Crippen LogP) is 3.40. The van der Waals surface area contributed by atoms with Crippen molar-refractivity contribution in [1.29, 1.82) is 0 Å². The summed E-state index contributed by atoms with van der Waals surface area (Å²) in [6.07, 6.45) is 2.01. The van der Waals surface area contributed by atoms with E-state index >= 15 is 0 Å². The molecule has 0 radical (unpaired) electrons. The number of benzene rings is 2. The number of rotatable bonds is 6. The molecule has 1 saturated carbocycles. The van der Waals surface area contributed by atoms with Crippen LogP contribution in [-0.2, 0) is 11.3 Å². The number of carbonyl (C=O) groups excluding carboxylic acids is 1. The molecule has 1 amide bonds. The molecule has 1 aliphatic rings. The molecule has 0 N–H and O–H groups in total. The average molecular weight is 299 g/mol. The van der Waals surface area contributed by atoms with Crippen molar-refractivity contribution in [2.75, 3.05) is 6.61 Å². The molecule has 0 spiro atoms. The Morgan fingerprint density at radius 3 is 2.59 bits per heavy atom. The average Bonchev–Trinajstić information content (AvgIpc) is 3.36. The lowest BCUT2D eigenvalue weighted by Gasteiger charge is -2.22. The van der Waals surface area contributed by atoms with Crippen LogP contribution in [0.15, 0.2) is 54.6 Å². The molecule has 1 aliphatic carbocycles. The second-order valence-corrected chi connectivity index (χ2v) is 5.48. The van der Waals surface area contributed by atoms with E-state index in [1.165, 1.54) is 12.1 Å². The van der Waals surface area contributed by atoms with Gasteiger partial charge in [0.15, 0.2) is 6.61 Å². The van der Waals surface area contributed by atoms with Gasteiger partial charge in [-0.2, -0.15) is 0 Å². The summed E-state index contributed by atoms with van der Waals surface area (Å²) in [5.74, 6) is 0.342. The van der Waals surface area contributed by atoms with Crippen molar-refractivity contribution in [3.63, 3.8) is 0 Å². The van der Waals surface area contributed by atoms with Gasteiger partial charge in [0.1, 0.15) is 11.6 Å². The molecular formula is C18H18FNO2. The molecule has 0 atom stereocenters. The summed E-state index contributed by atoms with van der Waals surface area (Å²) in [7, 11) is 0. The van der Waals surface area contributed by atoms with Crippen LogP contribution in [-0.4, -0.2) is 23.5 Å². The van der Waals surface area contributed by atoms with Crippen LogP contribution in [0.25, 0.3) is 0 Å². The highest BCUT2D eigenvalue weighted by Gasteiger charge is 2.32. The van der Waals surface area contributed by atoms with Crippen LogP contribution in [0.4, 0.5) is 4.39 Å². The monoisotopic (exact) mass is 299 g/mol. The fraction of sp³-hybridized carbons (Fsp3) is 0.278. The summed E-state index contributed by atoms with van der Waals surface area (Å²) in [5, 5.41) is 0. The van der Waals surface area contributed by atoms with Gasteiger partial charge in [0.2, 0.25) is 0 Å². The van der Waals surface area contributed by atoms with E-state index in [0.717, 1.165) is 18.4 Å². The molecule has 114 valence electrons. The minimum atomic E-state index is -0.277. The Morgan fingerprint density at radius 1 is 1.14 bits per heavy atom. The van der Waals surface area contributed by atoms with E-state index in [2.05, 4.69) is 0 Å². The first-order valence-electron chi connectivity index (χ1n) is 7.44. The second-order valence-electron chi connectivity index (χ2n) is 5.48. The van der Waals surface area contributed by atoms with E-state index in [4.69, 9.17) is 4.74 Å². The Labute approximate surface area is 129 Å². The first kappa shape index (κ1) is 14.6. The fourth-order valence-electron chi connectivity index (χ4n) is 2.38. The van der Waals surface area contributed by atoms with Crippen LogP contribution in [0.5, 0.6) is 5.75 Å². The number of amides is 1. The molecule has 0 aromatic heterocycles. The molecule has 2 aromatic rings. The molecule has 0 saturated heterocycles. The molecule has 0 heterocycles. The lowest BCUT2D eigenvalue weighted by Crippen LogP contribution is -2.36. The Bertz CT molecular complexity index is 641. The number of hydrogen-bond acceptors (Lipinski definition) is 2. The van der Waals surface area contributed by atoms with E-state index in [9.17, 15) is 9.18 Å². The fourth-order valence-corrected chi connectivity index (χ4v) is 2.38. The van der Waals surface area contributed by atoms with Gasteiger partial charge in [-0.1, -0.05) is 30.3 Å². The van der Waals surface area contributed by atoms with Crippen molar-refractivity contribution in [2.24, 2.45) is 0 Å². The SMILES string of the molecule is O=C(COc1ccccc1)N(Cc1cccc(F)c1)C1CC1. The summed E-state index contributed by atoms with van der Waals surface area (Å²) in [4.78, 5) is 14.2. The molecule has 3 nitrogen and oxygen atoms in total. The van der Waals surface area contributed by atoms with Crippen LogP contribution >= 0.6 is 0 Å². The number of carbonyl (C=O) groups is 1. The predicted molar refractivity (Wildman–Crippen MR) is 81.9 cm³/mol. The molecule has 2 aromatic carbocycles. The van der Waals surface area contributed by atoms with Gasteiger partial charge in [-0.15, -0.1) is 0 Å². The van der Waals surface area contributed by atoms with Crippen molar-refractivity contribution in [2.45, 2.75) is 25.4 Å². The van der Waals surface area contributed by atoms with Crippen molar-refractivity contribution in [3.05, 3.63) is 66.0 Å². The largest absolute Gasteiger partial charge is 0.484 e. The van der Waals surface area contributed by atoms with E-state index in [-0.39, 0.29) is 24.4 Å². The van der Waals surface area contributed by atoms with Gasteiger partial charge in [0.25, 0.3) is 5.91 Å². The molecule has 22 heavy (non-hydrogen) atoms. The van der Waals surface area contributed by atoms with Crippen molar-refractivity contribution in [3.8, 4) is 5.75 Å². The van der Waals surface area contributed by atoms with Gasteiger partial charge >= 0.3 is 0 Å². The minimum absolute atomic E-state index is 0.00975. The summed E-state index contributed by atoms with van der Waals surface area (Å²) < 4.78 is 18.8.